The molecule has 0 aliphatic carbocycles. The molecule has 0 fully saturated rings. The van der Waals surface area contributed by atoms with Gasteiger partial charge in [-0.1, -0.05) is 12.1 Å². The van der Waals surface area contributed by atoms with Crippen molar-refractivity contribution in [2.45, 2.75) is 19.5 Å². The summed E-state index contributed by atoms with van der Waals surface area (Å²) in [6, 6.07) is 8.69. The number of nitrogens with zero attached hydrogens (tertiary/aromatic N) is 2. The highest BCUT2D eigenvalue weighted by Crippen LogP contribution is 2.10. The number of nitrogens with one attached hydrogen (secondary N) is 1. The molecule has 1 aromatic heterocycles. The van der Waals surface area contributed by atoms with Crippen molar-refractivity contribution < 1.29 is 4.39 Å². The third-order valence-electron chi connectivity index (χ3n) is 2.70. The first-order valence-corrected chi connectivity index (χ1v) is 5.62. The maximum atomic E-state index is 12.7. The van der Waals surface area contributed by atoms with Gasteiger partial charge in [-0.05, 0) is 30.7 Å². The van der Waals surface area contributed by atoms with Gasteiger partial charge in [0.1, 0.15) is 5.82 Å². The van der Waals surface area contributed by atoms with Crippen LogP contribution in [0.5, 0.6) is 0 Å². The molecule has 1 aromatic carbocycles. The quantitative estimate of drug-likeness (QED) is 0.878. The van der Waals surface area contributed by atoms with E-state index >= 15 is 0 Å². The summed E-state index contributed by atoms with van der Waals surface area (Å²) in [5.74, 6) is -0.202. The van der Waals surface area contributed by atoms with Crippen molar-refractivity contribution in [1.82, 2.24) is 15.1 Å². The van der Waals surface area contributed by atoms with Gasteiger partial charge >= 0.3 is 0 Å². The molecule has 0 aliphatic rings. The van der Waals surface area contributed by atoms with Crippen LogP contribution < -0.4 is 5.32 Å². The highest BCUT2D eigenvalue weighted by molar-refractivity contribution is 5.16. The van der Waals surface area contributed by atoms with E-state index in [1.165, 1.54) is 12.1 Å². The SMILES string of the molecule is CC(NCc1ccc(F)cc1)c1ccn(C)n1. The van der Waals surface area contributed by atoms with Crippen molar-refractivity contribution in [2.24, 2.45) is 7.05 Å². The van der Waals surface area contributed by atoms with Crippen molar-refractivity contribution in [3.63, 3.8) is 0 Å². The Morgan fingerprint density at radius 2 is 2.00 bits per heavy atom. The minimum absolute atomic E-state index is 0.182. The second-order valence-corrected chi connectivity index (χ2v) is 4.14. The van der Waals surface area contributed by atoms with Crippen molar-refractivity contribution in [2.75, 3.05) is 0 Å². The second kappa shape index (κ2) is 5.10. The molecule has 90 valence electrons. The molecule has 0 amide bonds. The summed E-state index contributed by atoms with van der Waals surface area (Å²) in [6.07, 6.45) is 1.92. The van der Waals surface area contributed by atoms with Gasteiger partial charge in [-0.25, -0.2) is 4.39 Å². The summed E-state index contributed by atoms with van der Waals surface area (Å²) in [4.78, 5) is 0. The predicted octanol–water partition coefficient (Wildman–Crippen LogP) is 2.41. The number of rotatable bonds is 4. The van der Waals surface area contributed by atoms with Crippen LogP contribution in [0.4, 0.5) is 4.39 Å². The van der Waals surface area contributed by atoms with Crippen LogP contribution in [0.15, 0.2) is 36.5 Å². The second-order valence-electron chi connectivity index (χ2n) is 4.14. The maximum absolute atomic E-state index is 12.7. The number of halogens is 1. The lowest BCUT2D eigenvalue weighted by molar-refractivity contribution is 0.550. The summed E-state index contributed by atoms with van der Waals surface area (Å²) in [6.45, 7) is 2.77. The predicted molar refractivity (Wildman–Crippen MR) is 64.9 cm³/mol. The monoisotopic (exact) mass is 233 g/mol. The minimum atomic E-state index is -0.202. The molecular weight excluding hydrogens is 217 g/mol. The molecule has 3 nitrogen and oxygen atoms in total. The summed E-state index contributed by atoms with van der Waals surface area (Å²) in [5, 5.41) is 7.68. The van der Waals surface area contributed by atoms with Gasteiger partial charge < -0.3 is 5.32 Å². The number of hydrogen-bond donors (Lipinski definition) is 1. The maximum Gasteiger partial charge on any atom is 0.123 e. The average molecular weight is 233 g/mol. The number of hydrogen-bond acceptors (Lipinski definition) is 2. The topological polar surface area (TPSA) is 29.9 Å². The molecule has 4 heteroatoms. The molecule has 0 saturated carbocycles. The van der Waals surface area contributed by atoms with E-state index in [4.69, 9.17) is 0 Å². The Morgan fingerprint density at radius 1 is 1.29 bits per heavy atom. The fourth-order valence-corrected chi connectivity index (χ4v) is 1.64. The van der Waals surface area contributed by atoms with Crippen LogP contribution in [0.25, 0.3) is 0 Å². The first-order chi connectivity index (χ1) is 8.15. The molecule has 1 atom stereocenters. The summed E-state index contributed by atoms with van der Waals surface area (Å²) in [5.41, 5.74) is 2.07. The normalized spacial score (nSPS) is 12.6. The van der Waals surface area contributed by atoms with Gasteiger partial charge in [-0.15, -0.1) is 0 Å². The lowest BCUT2D eigenvalue weighted by Gasteiger charge is -2.11. The molecule has 1 heterocycles. The molecule has 17 heavy (non-hydrogen) atoms. The molecule has 1 unspecified atom stereocenters. The fraction of sp³-hybridized carbons (Fsp3) is 0.308. The molecule has 2 aromatic rings. The van der Waals surface area contributed by atoms with Gasteiger partial charge in [-0.3, -0.25) is 4.68 Å². The van der Waals surface area contributed by atoms with Crippen LogP contribution in [0.2, 0.25) is 0 Å². The lowest BCUT2D eigenvalue weighted by atomic mass is 10.2. The lowest BCUT2D eigenvalue weighted by Crippen LogP contribution is -2.18. The number of benzene rings is 1. The first-order valence-electron chi connectivity index (χ1n) is 5.62. The van der Waals surface area contributed by atoms with E-state index in [1.54, 1.807) is 16.8 Å². The average Bonchev–Trinajstić information content (AvgIpc) is 2.75. The summed E-state index contributed by atoms with van der Waals surface area (Å²) < 4.78 is 14.5. The van der Waals surface area contributed by atoms with Crippen LogP contribution >= 0.6 is 0 Å². The Morgan fingerprint density at radius 3 is 2.59 bits per heavy atom. The van der Waals surface area contributed by atoms with E-state index in [-0.39, 0.29) is 11.9 Å². The Kier molecular flexibility index (Phi) is 3.54. The molecule has 0 spiro atoms. The third kappa shape index (κ3) is 3.14. The number of aromatic nitrogens is 2. The molecular formula is C13H16FN3. The van der Waals surface area contributed by atoms with Crippen LogP contribution in [0, 0.1) is 5.82 Å². The first kappa shape index (κ1) is 11.8. The van der Waals surface area contributed by atoms with Crippen molar-refractivity contribution in [3.05, 3.63) is 53.6 Å². The van der Waals surface area contributed by atoms with Crippen LogP contribution in [-0.4, -0.2) is 9.78 Å². The Balaban J connectivity index is 1.92. The standard InChI is InChI=1S/C13H16FN3/c1-10(13-7-8-17(2)16-13)15-9-11-3-5-12(14)6-4-11/h3-8,10,15H,9H2,1-2H3. The van der Waals surface area contributed by atoms with Crippen LogP contribution in [-0.2, 0) is 13.6 Å². The molecule has 1 N–H and O–H groups in total. The number of aryl methyl sites for hydroxylation is 1. The molecule has 0 bridgehead atoms. The Bertz CT molecular complexity index is 476. The summed E-state index contributed by atoms with van der Waals surface area (Å²) >= 11 is 0. The molecule has 0 aliphatic heterocycles. The zero-order valence-electron chi connectivity index (χ0n) is 10.0. The van der Waals surface area contributed by atoms with Gasteiger partial charge in [-0.2, -0.15) is 5.10 Å². The van der Waals surface area contributed by atoms with E-state index in [1.807, 2.05) is 19.3 Å². The van der Waals surface area contributed by atoms with Crippen molar-refractivity contribution >= 4 is 0 Å². The van der Waals surface area contributed by atoms with Gasteiger partial charge in [0.05, 0.1) is 5.69 Å². The Labute approximate surface area is 100 Å². The zero-order valence-corrected chi connectivity index (χ0v) is 10.0. The highest BCUT2D eigenvalue weighted by Gasteiger charge is 2.07. The van der Waals surface area contributed by atoms with Crippen molar-refractivity contribution in [1.29, 1.82) is 0 Å². The molecule has 0 saturated heterocycles. The van der Waals surface area contributed by atoms with Gasteiger partial charge in [0.15, 0.2) is 0 Å². The van der Waals surface area contributed by atoms with Crippen LogP contribution in [0.3, 0.4) is 0 Å². The smallest absolute Gasteiger partial charge is 0.123 e. The van der Waals surface area contributed by atoms with Gasteiger partial charge in [0, 0.05) is 25.8 Å². The zero-order chi connectivity index (χ0) is 12.3. The largest absolute Gasteiger partial charge is 0.305 e. The molecule has 2 rings (SSSR count). The van der Waals surface area contributed by atoms with Gasteiger partial charge in [0.2, 0.25) is 0 Å². The van der Waals surface area contributed by atoms with E-state index in [0.29, 0.717) is 6.54 Å². The molecule has 0 radical (unpaired) electrons. The van der Waals surface area contributed by atoms with Crippen LogP contribution in [0.1, 0.15) is 24.2 Å². The summed E-state index contributed by atoms with van der Waals surface area (Å²) in [7, 11) is 1.90. The highest BCUT2D eigenvalue weighted by atomic mass is 19.1. The fourth-order valence-electron chi connectivity index (χ4n) is 1.64. The Hall–Kier alpha value is -1.68. The third-order valence-corrected chi connectivity index (χ3v) is 2.70. The van der Waals surface area contributed by atoms with E-state index in [0.717, 1.165) is 11.3 Å². The van der Waals surface area contributed by atoms with Gasteiger partial charge in [0.25, 0.3) is 0 Å². The van der Waals surface area contributed by atoms with Crippen molar-refractivity contribution in [3.8, 4) is 0 Å². The minimum Gasteiger partial charge on any atom is -0.305 e. The van der Waals surface area contributed by atoms with E-state index < -0.39 is 0 Å². The van der Waals surface area contributed by atoms with E-state index in [9.17, 15) is 4.39 Å². The van der Waals surface area contributed by atoms with E-state index in [2.05, 4.69) is 17.3 Å².